The molecule has 1 aromatic carbocycles. The number of nitriles is 1. The maximum atomic E-state index is 13.4. The van der Waals surface area contributed by atoms with Crippen molar-refractivity contribution in [3.05, 3.63) is 48.4 Å². The Kier molecular flexibility index (Phi) is 12.1. The number of amides is 3. The number of carboxylic acids is 1. The second-order valence-electron chi connectivity index (χ2n) is 12.8. The molecule has 0 unspecified atom stereocenters. The van der Waals surface area contributed by atoms with Crippen LogP contribution in [0.3, 0.4) is 0 Å². The molecule has 5 rings (SSSR count). The van der Waals surface area contributed by atoms with Crippen LogP contribution in [0.4, 0.5) is 15.4 Å². The summed E-state index contributed by atoms with van der Waals surface area (Å²) >= 11 is 0. The highest BCUT2D eigenvalue weighted by Crippen LogP contribution is 2.28. The van der Waals surface area contributed by atoms with Gasteiger partial charge >= 0.3 is 18.1 Å². The van der Waals surface area contributed by atoms with E-state index in [1.54, 1.807) is 55.5 Å². The second kappa shape index (κ2) is 16.7. The predicted octanol–water partition coefficient (Wildman–Crippen LogP) is 1.24. The van der Waals surface area contributed by atoms with E-state index in [-0.39, 0.29) is 50.5 Å². The summed E-state index contributed by atoms with van der Waals surface area (Å²) in [5.74, 6) is -0.664. The van der Waals surface area contributed by atoms with Gasteiger partial charge in [0.15, 0.2) is 11.8 Å². The number of nitrogens with zero attached hydrogens (tertiary/aromatic N) is 8. The molecule has 18 heteroatoms. The SMILES string of the molecule is CN(CCN(C)C(=O)n1ccc2c(N(C)[C@@H]3CCCN(C(=O)CC#N)C3)ncnc21)C(=O)OCc1ccc(O[C@H]2C[C@@H](O)[C@H](O)[C@@H](C(=O)O)O2)cc1. The lowest BCUT2D eigenvalue weighted by Gasteiger charge is -2.38. The second-order valence-corrected chi connectivity index (χ2v) is 12.8. The monoisotopic (exact) mass is 722 g/mol. The third-order valence-electron chi connectivity index (χ3n) is 9.17. The van der Waals surface area contributed by atoms with Gasteiger partial charge in [-0.2, -0.15) is 5.26 Å². The van der Waals surface area contributed by atoms with E-state index in [9.17, 15) is 34.5 Å². The Labute approximate surface area is 299 Å². The van der Waals surface area contributed by atoms with Crippen LogP contribution in [0.2, 0.25) is 0 Å². The van der Waals surface area contributed by atoms with Crippen molar-refractivity contribution in [1.82, 2.24) is 29.2 Å². The number of rotatable bonds is 11. The molecule has 3 N–H and O–H groups in total. The molecule has 3 amide bonds. The van der Waals surface area contributed by atoms with Crippen LogP contribution in [0, 0.1) is 11.3 Å². The Morgan fingerprint density at radius 1 is 1.06 bits per heavy atom. The van der Waals surface area contributed by atoms with Crippen LogP contribution in [0.25, 0.3) is 11.0 Å². The van der Waals surface area contributed by atoms with Gasteiger partial charge < -0.3 is 49.1 Å². The number of ether oxygens (including phenoxy) is 3. The maximum Gasteiger partial charge on any atom is 0.409 e. The van der Waals surface area contributed by atoms with Crippen LogP contribution < -0.4 is 9.64 Å². The molecule has 0 radical (unpaired) electrons. The van der Waals surface area contributed by atoms with Crippen LogP contribution in [0.1, 0.15) is 31.2 Å². The average molecular weight is 723 g/mol. The largest absolute Gasteiger partial charge is 0.479 e. The van der Waals surface area contributed by atoms with Gasteiger partial charge in [-0.15, -0.1) is 0 Å². The van der Waals surface area contributed by atoms with E-state index in [0.29, 0.717) is 41.3 Å². The number of piperidine rings is 1. The molecule has 3 aromatic rings. The van der Waals surface area contributed by atoms with Gasteiger partial charge in [0, 0.05) is 66.0 Å². The lowest BCUT2D eigenvalue weighted by molar-refractivity contribution is -0.228. The van der Waals surface area contributed by atoms with E-state index in [1.807, 2.05) is 18.0 Å². The molecule has 278 valence electrons. The van der Waals surface area contributed by atoms with E-state index in [4.69, 9.17) is 19.5 Å². The third kappa shape index (κ3) is 8.67. The van der Waals surface area contributed by atoms with Gasteiger partial charge in [-0.3, -0.25) is 9.36 Å². The normalized spacial score (nSPS) is 21.5. The summed E-state index contributed by atoms with van der Waals surface area (Å²) in [5, 5.41) is 38.6. The van der Waals surface area contributed by atoms with Crippen LogP contribution >= 0.6 is 0 Å². The topological polar surface area (TPSA) is 224 Å². The summed E-state index contributed by atoms with van der Waals surface area (Å²) in [6.45, 7) is 1.40. The summed E-state index contributed by atoms with van der Waals surface area (Å²) in [6.07, 6.45) is -1.84. The minimum absolute atomic E-state index is 0.0241. The Hall–Kier alpha value is -5.51. The first-order chi connectivity index (χ1) is 24.9. The number of aliphatic hydroxyl groups is 2. The van der Waals surface area contributed by atoms with E-state index in [2.05, 4.69) is 9.97 Å². The molecule has 0 aliphatic carbocycles. The number of anilines is 1. The third-order valence-corrected chi connectivity index (χ3v) is 9.17. The number of carbonyl (C=O) groups is 4. The molecule has 0 saturated carbocycles. The minimum atomic E-state index is -1.62. The highest BCUT2D eigenvalue weighted by atomic mass is 16.7. The van der Waals surface area contributed by atoms with E-state index in [0.717, 1.165) is 12.8 Å². The number of carboxylic acid groups (broad SMARTS) is 1. The molecule has 2 aromatic heterocycles. The summed E-state index contributed by atoms with van der Waals surface area (Å²) < 4.78 is 17.7. The van der Waals surface area contributed by atoms with Crippen molar-refractivity contribution < 1.29 is 48.7 Å². The van der Waals surface area contributed by atoms with Gasteiger partial charge in [0.1, 0.15) is 37.0 Å². The van der Waals surface area contributed by atoms with Crippen molar-refractivity contribution in [1.29, 1.82) is 5.26 Å². The van der Waals surface area contributed by atoms with Crippen molar-refractivity contribution in [3.8, 4) is 11.8 Å². The first-order valence-corrected chi connectivity index (χ1v) is 16.7. The zero-order chi connectivity index (χ0) is 37.5. The van der Waals surface area contributed by atoms with Crippen LogP contribution in [-0.2, 0) is 25.7 Å². The molecule has 2 fully saturated rings. The van der Waals surface area contributed by atoms with Crippen molar-refractivity contribution in [2.45, 2.75) is 62.9 Å². The number of hydrogen-bond donors (Lipinski definition) is 3. The van der Waals surface area contributed by atoms with Gasteiger partial charge in [-0.25, -0.2) is 24.4 Å². The van der Waals surface area contributed by atoms with Gasteiger partial charge in [-0.1, -0.05) is 12.1 Å². The number of fused-ring (bicyclic) bond motifs is 1. The number of aromatic nitrogens is 3. The molecular weight excluding hydrogens is 680 g/mol. The number of aliphatic carboxylic acids is 1. The molecule has 4 heterocycles. The van der Waals surface area contributed by atoms with Crippen LogP contribution in [0.5, 0.6) is 5.75 Å². The maximum absolute atomic E-state index is 13.4. The van der Waals surface area contributed by atoms with E-state index >= 15 is 0 Å². The molecule has 2 saturated heterocycles. The summed E-state index contributed by atoms with van der Waals surface area (Å²) in [5.41, 5.74) is 1.06. The minimum Gasteiger partial charge on any atom is -0.479 e. The highest BCUT2D eigenvalue weighted by molar-refractivity contribution is 5.95. The Bertz CT molecular complexity index is 1800. The fourth-order valence-electron chi connectivity index (χ4n) is 6.08. The lowest BCUT2D eigenvalue weighted by atomic mass is 10.0. The van der Waals surface area contributed by atoms with Crippen molar-refractivity contribution in [2.75, 3.05) is 52.2 Å². The van der Waals surface area contributed by atoms with Gasteiger partial charge in [0.2, 0.25) is 12.2 Å². The number of likely N-dealkylation sites (N-methyl/N-ethyl adjacent to an activating group) is 3. The number of benzene rings is 1. The van der Waals surface area contributed by atoms with E-state index < -0.39 is 36.7 Å². The molecule has 18 nitrogen and oxygen atoms in total. The number of likely N-dealkylation sites (tertiary alicyclic amines) is 1. The van der Waals surface area contributed by atoms with Crippen molar-refractivity contribution >= 4 is 40.9 Å². The Morgan fingerprint density at radius 3 is 2.50 bits per heavy atom. The van der Waals surface area contributed by atoms with Crippen molar-refractivity contribution in [3.63, 3.8) is 0 Å². The predicted molar refractivity (Wildman–Crippen MR) is 182 cm³/mol. The van der Waals surface area contributed by atoms with Gasteiger partial charge in [-0.05, 0) is 36.6 Å². The fraction of sp³-hybridized carbons (Fsp3) is 0.500. The number of aliphatic hydroxyl groups excluding tert-OH is 2. The molecule has 5 atom stereocenters. The average Bonchev–Trinajstić information content (AvgIpc) is 3.58. The summed E-state index contributed by atoms with van der Waals surface area (Å²) in [6, 6.07) is 9.74. The van der Waals surface area contributed by atoms with Crippen LogP contribution in [-0.4, -0.2) is 147 Å². The number of carbonyl (C=O) groups excluding carboxylic acids is 3. The highest BCUT2D eigenvalue weighted by Gasteiger charge is 2.42. The summed E-state index contributed by atoms with van der Waals surface area (Å²) in [7, 11) is 5.06. The Balaban J connectivity index is 1.10. The quantitative estimate of drug-likeness (QED) is 0.253. The lowest BCUT2D eigenvalue weighted by Crippen LogP contribution is -2.53. The van der Waals surface area contributed by atoms with Gasteiger partial charge in [0.05, 0.1) is 17.6 Å². The zero-order valence-corrected chi connectivity index (χ0v) is 29.1. The fourth-order valence-corrected chi connectivity index (χ4v) is 6.08. The Morgan fingerprint density at radius 2 is 1.79 bits per heavy atom. The van der Waals surface area contributed by atoms with Gasteiger partial charge in [0.25, 0.3) is 0 Å². The molecule has 2 aliphatic heterocycles. The summed E-state index contributed by atoms with van der Waals surface area (Å²) in [4.78, 5) is 65.1. The number of hydrogen-bond acceptors (Lipinski definition) is 13. The molecule has 0 bridgehead atoms. The zero-order valence-electron chi connectivity index (χ0n) is 29.1. The molecular formula is C34H42N8O10. The molecule has 0 spiro atoms. The van der Waals surface area contributed by atoms with Crippen molar-refractivity contribution in [2.24, 2.45) is 0 Å². The first kappa shape index (κ1) is 37.7. The van der Waals surface area contributed by atoms with Crippen LogP contribution in [0.15, 0.2) is 42.9 Å². The smallest absolute Gasteiger partial charge is 0.409 e. The first-order valence-electron chi connectivity index (χ1n) is 16.7. The molecule has 2 aliphatic rings. The van der Waals surface area contributed by atoms with E-state index in [1.165, 1.54) is 20.7 Å². The molecule has 52 heavy (non-hydrogen) atoms. The standard InChI is InChI=1S/C34H42N8O10/c1-38(33(48)42-14-11-24-30(36-20-37-31(24)42)40(3)22-5-4-13-41(18-22)26(44)10-12-35)15-16-39(2)34(49)50-19-21-6-8-23(9-7-21)51-27-17-25(43)28(45)29(52-27)32(46)47/h6-9,11,14,20,22,25,27-29,43,45H,4-5,10,13,15-19H2,1-3H3,(H,46,47)/t22-,25-,27-,28+,29+/m1/s1.